The Morgan fingerprint density at radius 1 is 1.52 bits per heavy atom. The van der Waals surface area contributed by atoms with E-state index in [1.165, 1.54) is 0 Å². The maximum absolute atomic E-state index is 12.0. The number of rotatable bonds is 7. The van der Waals surface area contributed by atoms with Gasteiger partial charge in [-0.25, -0.2) is 4.79 Å². The Morgan fingerprint density at radius 2 is 2.29 bits per heavy atom. The first-order valence-corrected chi connectivity index (χ1v) is 6.89. The highest BCUT2D eigenvalue weighted by atomic mass is 16.5. The molecule has 0 radical (unpaired) electrons. The van der Waals surface area contributed by atoms with Crippen LogP contribution in [0, 0.1) is 12.3 Å². The standard InChI is InChI=1S/C16H22N2O3/c1-4-11-21-14-8-6-7-13(12-14)17-15(20)18-16(3,5-2)9-10-19/h1,6-8,12,19H,5,9-11H2,2-3H3,(H2,17,18,20). The zero-order valence-corrected chi connectivity index (χ0v) is 12.5. The molecule has 0 saturated heterocycles. The van der Waals surface area contributed by atoms with Gasteiger partial charge in [0.1, 0.15) is 12.4 Å². The van der Waals surface area contributed by atoms with Gasteiger partial charge in [-0.2, -0.15) is 0 Å². The summed E-state index contributed by atoms with van der Waals surface area (Å²) in [6.45, 7) is 4.07. The Morgan fingerprint density at radius 3 is 2.90 bits per heavy atom. The fourth-order valence-corrected chi connectivity index (χ4v) is 1.80. The molecule has 3 N–H and O–H groups in total. The molecule has 21 heavy (non-hydrogen) atoms. The number of nitrogens with one attached hydrogen (secondary N) is 2. The quantitative estimate of drug-likeness (QED) is 0.675. The normalized spacial score (nSPS) is 12.9. The largest absolute Gasteiger partial charge is 0.481 e. The topological polar surface area (TPSA) is 70.6 Å². The first kappa shape index (κ1) is 16.9. The second-order valence-electron chi connectivity index (χ2n) is 4.99. The number of hydrogen-bond acceptors (Lipinski definition) is 3. The van der Waals surface area contributed by atoms with E-state index in [0.29, 0.717) is 17.9 Å². The summed E-state index contributed by atoms with van der Waals surface area (Å²) in [7, 11) is 0. The van der Waals surface area contributed by atoms with Gasteiger partial charge in [-0.3, -0.25) is 0 Å². The van der Waals surface area contributed by atoms with Crippen molar-refractivity contribution in [3.05, 3.63) is 24.3 Å². The van der Waals surface area contributed by atoms with Crippen molar-refractivity contribution in [2.75, 3.05) is 18.5 Å². The number of carbonyl (C=O) groups is 1. The van der Waals surface area contributed by atoms with E-state index in [2.05, 4.69) is 16.6 Å². The van der Waals surface area contributed by atoms with E-state index in [0.717, 1.165) is 6.42 Å². The zero-order valence-electron chi connectivity index (χ0n) is 12.5. The van der Waals surface area contributed by atoms with Crippen LogP contribution in [0.15, 0.2) is 24.3 Å². The molecule has 5 heteroatoms. The summed E-state index contributed by atoms with van der Waals surface area (Å²) in [6, 6.07) is 6.68. The Labute approximate surface area is 125 Å². The fourth-order valence-electron chi connectivity index (χ4n) is 1.80. The average Bonchev–Trinajstić information content (AvgIpc) is 2.45. The van der Waals surface area contributed by atoms with Gasteiger partial charge in [0.15, 0.2) is 0 Å². The van der Waals surface area contributed by atoms with E-state index in [9.17, 15) is 4.79 Å². The predicted octanol–water partition coefficient (Wildman–Crippen LogP) is 2.37. The Kier molecular flexibility index (Phi) is 6.57. The molecule has 0 aliphatic carbocycles. The molecule has 0 aliphatic heterocycles. The van der Waals surface area contributed by atoms with Crippen LogP contribution in [0.3, 0.4) is 0 Å². The summed E-state index contributed by atoms with van der Waals surface area (Å²) < 4.78 is 5.30. The first-order valence-electron chi connectivity index (χ1n) is 6.89. The summed E-state index contributed by atoms with van der Waals surface area (Å²) in [4.78, 5) is 12.0. The summed E-state index contributed by atoms with van der Waals surface area (Å²) >= 11 is 0. The molecule has 0 aromatic heterocycles. The third kappa shape index (κ3) is 5.76. The van der Waals surface area contributed by atoms with E-state index < -0.39 is 5.54 Å². The molecule has 0 bridgehead atoms. The lowest BCUT2D eigenvalue weighted by Crippen LogP contribution is -2.48. The molecule has 0 fully saturated rings. The summed E-state index contributed by atoms with van der Waals surface area (Å²) in [6.07, 6.45) is 6.36. The van der Waals surface area contributed by atoms with Gasteiger partial charge in [0.2, 0.25) is 0 Å². The van der Waals surface area contributed by atoms with Crippen LogP contribution < -0.4 is 15.4 Å². The Hall–Kier alpha value is -2.19. The van der Waals surface area contributed by atoms with Crippen molar-refractivity contribution in [3.63, 3.8) is 0 Å². The Bertz CT molecular complexity index is 510. The number of aliphatic hydroxyl groups is 1. The van der Waals surface area contributed by atoms with Crippen LogP contribution in [0.4, 0.5) is 10.5 Å². The molecule has 0 saturated carbocycles. The predicted molar refractivity (Wildman–Crippen MR) is 83.3 cm³/mol. The van der Waals surface area contributed by atoms with E-state index in [1.807, 2.05) is 13.8 Å². The van der Waals surface area contributed by atoms with Gasteiger partial charge in [-0.1, -0.05) is 18.9 Å². The number of terminal acetylenes is 1. The van der Waals surface area contributed by atoms with Crippen LogP contribution in [0.25, 0.3) is 0 Å². The van der Waals surface area contributed by atoms with Crippen molar-refractivity contribution >= 4 is 11.7 Å². The smallest absolute Gasteiger partial charge is 0.319 e. The Balaban J connectivity index is 2.64. The lowest BCUT2D eigenvalue weighted by Gasteiger charge is -2.29. The maximum atomic E-state index is 12.0. The molecule has 2 amide bonds. The number of hydrogen-bond donors (Lipinski definition) is 3. The number of urea groups is 1. The molecule has 5 nitrogen and oxygen atoms in total. The first-order chi connectivity index (χ1) is 10.0. The maximum Gasteiger partial charge on any atom is 0.319 e. The van der Waals surface area contributed by atoms with Gasteiger partial charge in [-0.15, -0.1) is 6.42 Å². The van der Waals surface area contributed by atoms with Gasteiger partial charge >= 0.3 is 6.03 Å². The van der Waals surface area contributed by atoms with Gasteiger partial charge in [0.05, 0.1) is 0 Å². The van der Waals surface area contributed by atoms with Crippen LogP contribution in [0.2, 0.25) is 0 Å². The molecule has 1 unspecified atom stereocenters. The molecule has 1 atom stereocenters. The van der Waals surface area contributed by atoms with Crippen LogP contribution in [-0.4, -0.2) is 29.9 Å². The van der Waals surface area contributed by atoms with Crippen LogP contribution >= 0.6 is 0 Å². The molecule has 114 valence electrons. The molecule has 1 rings (SSSR count). The summed E-state index contributed by atoms with van der Waals surface area (Å²) in [5.41, 5.74) is 0.181. The van der Waals surface area contributed by atoms with Crippen molar-refractivity contribution in [1.82, 2.24) is 5.32 Å². The second-order valence-corrected chi connectivity index (χ2v) is 4.99. The number of aliphatic hydroxyl groups excluding tert-OH is 1. The van der Waals surface area contributed by atoms with Gasteiger partial charge < -0.3 is 20.5 Å². The number of carbonyl (C=O) groups excluding carboxylic acids is 1. The minimum atomic E-state index is -0.434. The lowest BCUT2D eigenvalue weighted by molar-refractivity contribution is 0.208. The van der Waals surface area contributed by atoms with Gasteiger partial charge in [0, 0.05) is 23.9 Å². The second kappa shape index (κ2) is 8.18. The minimum absolute atomic E-state index is 0.0278. The summed E-state index contributed by atoms with van der Waals surface area (Å²) in [5, 5.41) is 14.7. The minimum Gasteiger partial charge on any atom is -0.481 e. The number of amides is 2. The number of anilines is 1. The highest BCUT2D eigenvalue weighted by molar-refractivity contribution is 5.89. The number of ether oxygens (including phenoxy) is 1. The monoisotopic (exact) mass is 290 g/mol. The van der Waals surface area contributed by atoms with E-state index in [-0.39, 0.29) is 19.2 Å². The molecule has 1 aromatic carbocycles. The highest BCUT2D eigenvalue weighted by Gasteiger charge is 2.23. The van der Waals surface area contributed by atoms with Crippen LogP contribution in [-0.2, 0) is 0 Å². The van der Waals surface area contributed by atoms with Crippen LogP contribution in [0.5, 0.6) is 5.75 Å². The SMILES string of the molecule is C#CCOc1cccc(NC(=O)NC(C)(CC)CCO)c1. The van der Waals surface area contributed by atoms with Crippen molar-refractivity contribution < 1.29 is 14.6 Å². The molecule has 0 spiro atoms. The van der Waals surface area contributed by atoms with Crippen molar-refractivity contribution in [3.8, 4) is 18.1 Å². The zero-order chi connectivity index (χ0) is 15.7. The molecular weight excluding hydrogens is 268 g/mol. The molecule has 0 heterocycles. The third-order valence-electron chi connectivity index (χ3n) is 3.27. The highest BCUT2D eigenvalue weighted by Crippen LogP contribution is 2.18. The molecule has 0 aliphatic rings. The summed E-state index contributed by atoms with van der Waals surface area (Å²) in [5.74, 6) is 2.98. The van der Waals surface area contributed by atoms with Gasteiger partial charge in [0.25, 0.3) is 0 Å². The molecule has 1 aromatic rings. The van der Waals surface area contributed by atoms with Gasteiger partial charge in [-0.05, 0) is 31.9 Å². The van der Waals surface area contributed by atoms with Crippen molar-refractivity contribution in [1.29, 1.82) is 0 Å². The van der Waals surface area contributed by atoms with Crippen molar-refractivity contribution in [2.24, 2.45) is 0 Å². The van der Waals surface area contributed by atoms with E-state index in [1.54, 1.807) is 24.3 Å². The van der Waals surface area contributed by atoms with E-state index >= 15 is 0 Å². The van der Waals surface area contributed by atoms with Crippen LogP contribution in [0.1, 0.15) is 26.7 Å². The fraction of sp³-hybridized carbons (Fsp3) is 0.438. The van der Waals surface area contributed by atoms with Crippen molar-refractivity contribution in [2.45, 2.75) is 32.2 Å². The third-order valence-corrected chi connectivity index (χ3v) is 3.27. The average molecular weight is 290 g/mol. The molecular formula is C16H22N2O3. The lowest BCUT2D eigenvalue weighted by atomic mass is 9.95. The van der Waals surface area contributed by atoms with E-state index in [4.69, 9.17) is 16.3 Å². The number of benzene rings is 1.